The molecule has 2 aromatic rings. The molecule has 0 amide bonds. The maximum Gasteiger partial charge on any atom is 0.216 e. The van der Waals surface area contributed by atoms with Crippen molar-refractivity contribution in [3.05, 3.63) is 52.9 Å². The molecule has 7 heteroatoms. The zero-order valence-corrected chi connectivity index (χ0v) is 12.9. The Morgan fingerprint density at radius 2 is 1.95 bits per heavy atom. The van der Waals surface area contributed by atoms with E-state index >= 15 is 0 Å². The third-order valence-electron chi connectivity index (χ3n) is 2.87. The van der Waals surface area contributed by atoms with Crippen LogP contribution in [-0.4, -0.2) is 20.6 Å². The lowest BCUT2D eigenvalue weighted by atomic mass is 10.1. The van der Waals surface area contributed by atoms with Crippen LogP contribution in [0.3, 0.4) is 0 Å². The molecule has 1 heterocycles. The van der Waals surface area contributed by atoms with Gasteiger partial charge >= 0.3 is 0 Å². The van der Waals surface area contributed by atoms with Crippen molar-refractivity contribution in [3.8, 4) is 0 Å². The normalized spacial score (nSPS) is 11.7. The van der Waals surface area contributed by atoms with E-state index in [9.17, 15) is 8.42 Å². The number of hydrogen-bond donors (Lipinski definition) is 2. The van der Waals surface area contributed by atoms with Crippen LogP contribution in [0, 0.1) is 6.92 Å². The number of aromatic nitrogens is 1. The highest BCUT2D eigenvalue weighted by Crippen LogP contribution is 2.09. The van der Waals surface area contributed by atoms with Crippen molar-refractivity contribution in [2.75, 3.05) is 7.05 Å². The zero-order valence-electron chi connectivity index (χ0n) is 12.1. The van der Waals surface area contributed by atoms with Crippen LogP contribution in [0.1, 0.15) is 22.6 Å². The fraction of sp³-hybridized carbons (Fsp3) is 0.357. The first-order chi connectivity index (χ1) is 9.98. The van der Waals surface area contributed by atoms with Crippen molar-refractivity contribution in [1.82, 2.24) is 15.2 Å². The molecule has 0 aliphatic heterocycles. The van der Waals surface area contributed by atoms with E-state index in [4.69, 9.17) is 4.52 Å². The van der Waals surface area contributed by atoms with Crippen molar-refractivity contribution in [3.63, 3.8) is 0 Å². The van der Waals surface area contributed by atoms with E-state index in [-0.39, 0.29) is 12.3 Å². The van der Waals surface area contributed by atoms with Gasteiger partial charge in [-0.2, -0.15) is 0 Å². The van der Waals surface area contributed by atoms with Gasteiger partial charge in [-0.15, -0.1) is 0 Å². The molecule has 0 bridgehead atoms. The third kappa shape index (κ3) is 4.96. The van der Waals surface area contributed by atoms with Gasteiger partial charge in [0.25, 0.3) is 0 Å². The van der Waals surface area contributed by atoms with E-state index in [1.54, 1.807) is 19.1 Å². The maximum atomic E-state index is 12.1. The van der Waals surface area contributed by atoms with Crippen LogP contribution in [0.25, 0.3) is 0 Å². The summed E-state index contributed by atoms with van der Waals surface area (Å²) in [6.07, 6.45) is 0. The minimum atomic E-state index is -3.41. The summed E-state index contributed by atoms with van der Waals surface area (Å²) < 4.78 is 31.6. The molecule has 0 spiro atoms. The fourth-order valence-electron chi connectivity index (χ4n) is 1.98. The number of sulfonamides is 1. The predicted molar refractivity (Wildman–Crippen MR) is 79.9 cm³/mol. The second-order valence-corrected chi connectivity index (χ2v) is 6.67. The van der Waals surface area contributed by atoms with E-state index in [1.165, 1.54) is 0 Å². The predicted octanol–water partition coefficient (Wildman–Crippen LogP) is 1.32. The van der Waals surface area contributed by atoms with Crippen molar-refractivity contribution < 1.29 is 12.9 Å². The summed E-state index contributed by atoms with van der Waals surface area (Å²) in [6.45, 7) is 2.60. The highest BCUT2D eigenvalue weighted by Gasteiger charge is 2.13. The lowest BCUT2D eigenvalue weighted by Gasteiger charge is -2.07. The molecule has 0 radical (unpaired) electrons. The lowest BCUT2D eigenvalue weighted by molar-refractivity contribution is 0.377. The minimum Gasteiger partial charge on any atom is -0.360 e. The van der Waals surface area contributed by atoms with Gasteiger partial charge in [0, 0.05) is 12.6 Å². The smallest absolute Gasteiger partial charge is 0.216 e. The van der Waals surface area contributed by atoms with Crippen molar-refractivity contribution >= 4 is 10.0 Å². The first-order valence-electron chi connectivity index (χ1n) is 6.60. The lowest BCUT2D eigenvalue weighted by Crippen LogP contribution is -2.24. The second-order valence-electron chi connectivity index (χ2n) is 4.87. The van der Waals surface area contributed by atoms with E-state index in [0.717, 1.165) is 16.8 Å². The fourth-order valence-corrected chi connectivity index (χ4v) is 3.07. The highest BCUT2D eigenvalue weighted by atomic mass is 32.2. The average molecular weight is 309 g/mol. The van der Waals surface area contributed by atoms with Gasteiger partial charge in [-0.3, -0.25) is 0 Å². The van der Waals surface area contributed by atoms with Crippen LogP contribution < -0.4 is 10.0 Å². The SMILES string of the molecule is CNCc1cccc(CS(=O)(=O)NCc2cc(C)no2)c1. The molecule has 0 fully saturated rings. The average Bonchev–Trinajstić information content (AvgIpc) is 2.83. The number of aryl methyl sites for hydroxylation is 1. The Morgan fingerprint density at radius 1 is 1.19 bits per heavy atom. The van der Waals surface area contributed by atoms with Crippen LogP contribution in [0.2, 0.25) is 0 Å². The van der Waals surface area contributed by atoms with Crippen LogP contribution in [0.5, 0.6) is 0 Å². The van der Waals surface area contributed by atoms with E-state index in [1.807, 2.05) is 25.2 Å². The van der Waals surface area contributed by atoms with Gasteiger partial charge in [-0.25, -0.2) is 13.1 Å². The molecule has 6 nitrogen and oxygen atoms in total. The number of rotatable bonds is 7. The summed E-state index contributed by atoms with van der Waals surface area (Å²) in [6, 6.07) is 9.20. The number of benzene rings is 1. The van der Waals surface area contributed by atoms with Gasteiger partial charge in [0.05, 0.1) is 18.0 Å². The number of hydrogen-bond acceptors (Lipinski definition) is 5. The molecular formula is C14H19N3O3S. The molecule has 2 rings (SSSR count). The summed E-state index contributed by atoms with van der Waals surface area (Å²) in [5.41, 5.74) is 2.53. The summed E-state index contributed by atoms with van der Waals surface area (Å²) in [5, 5.41) is 6.76. The van der Waals surface area contributed by atoms with E-state index in [2.05, 4.69) is 15.2 Å². The summed E-state index contributed by atoms with van der Waals surface area (Å²) >= 11 is 0. The summed E-state index contributed by atoms with van der Waals surface area (Å²) in [7, 11) is -1.56. The van der Waals surface area contributed by atoms with Gasteiger partial charge in [0.2, 0.25) is 10.0 Å². The van der Waals surface area contributed by atoms with Gasteiger partial charge < -0.3 is 9.84 Å². The largest absolute Gasteiger partial charge is 0.360 e. The van der Waals surface area contributed by atoms with Crippen LogP contribution in [-0.2, 0) is 28.9 Å². The second kappa shape index (κ2) is 6.84. The molecule has 1 aromatic carbocycles. The Bertz CT molecular complexity index is 695. The topological polar surface area (TPSA) is 84.2 Å². The Hall–Kier alpha value is -1.70. The molecule has 0 saturated heterocycles. The number of nitrogens with one attached hydrogen (secondary N) is 2. The van der Waals surface area contributed by atoms with Crippen LogP contribution in [0.15, 0.2) is 34.9 Å². The Balaban J connectivity index is 1.98. The van der Waals surface area contributed by atoms with Gasteiger partial charge in [0.15, 0.2) is 5.76 Å². The number of nitrogens with zero attached hydrogens (tertiary/aromatic N) is 1. The molecular weight excluding hydrogens is 290 g/mol. The molecule has 0 aliphatic rings. The van der Waals surface area contributed by atoms with E-state index < -0.39 is 10.0 Å². The quantitative estimate of drug-likeness (QED) is 0.806. The zero-order chi connectivity index (χ0) is 15.3. The Kier molecular flexibility index (Phi) is 5.11. The van der Waals surface area contributed by atoms with Crippen molar-refractivity contribution in [1.29, 1.82) is 0 Å². The molecule has 0 unspecified atom stereocenters. The van der Waals surface area contributed by atoms with E-state index in [0.29, 0.717) is 12.3 Å². The highest BCUT2D eigenvalue weighted by molar-refractivity contribution is 7.88. The Morgan fingerprint density at radius 3 is 2.62 bits per heavy atom. The first-order valence-corrected chi connectivity index (χ1v) is 8.26. The molecule has 21 heavy (non-hydrogen) atoms. The molecule has 0 saturated carbocycles. The summed E-state index contributed by atoms with van der Waals surface area (Å²) in [5.74, 6) is 0.442. The van der Waals surface area contributed by atoms with Crippen molar-refractivity contribution in [2.24, 2.45) is 0 Å². The monoisotopic (exact) mass is 309 g/mol. The van der Waals surface area contributed by atoms with Crippen LogP contribution >= 0.6 is 0 Å². The molecule has 0 atom stereocenters. The first kappa shape index (κ1) is 15.7. The summed E-state index contributed by atoms with van der Waals surface area (Å²) in [4.78, 5) is 0. The van der Waals surface area contributed by atoms with Gasteiger partial charge in [-0.1, -0.05) is 29.4 Å². The molecule has 1 aromatic heterocycles. The Labute approximate surface area is 124 Å². The molecule has 2 N–H and O–H groups in total. The third-order valence-corrected chi connectivity index (χ3v) is 4.17. The van der Waals surface area contributed by atoms with Gasteiger partial charge in [0.1, 0.15) is 0 Å². The van der Waals surface area contributed by atoms with Crippen molar-refractivity contribution in [2.45, 2.75) is 25.8 Å². The standard InChI is InChI=1S/C14H19N3O3S/c1-11-6-14(20-17-11)9-16-21(18,19)10-13-5-3-4-12(7-13)8-15-2/h3-7,15-16H,8-10H2,1-2H3. The maximum absolute atomic E-state index is 12.1. The molecule has 0 aliphatic carbocycles. The van der Waals surface area contributed by atoms with Crippen LogP contribution in [0.4, 0.5) is 0 Å². The minimum absolute atomic E-state index is 0.0579. The molecule has 114 valence electrons. The van der Waals surface area contributed by atoms with Gasteiger partial charge in [-0.05, 0) is 25.1 Å².